The van der Waals surface area contributed by atoms with Gasteiger partial charge in [0.25, 0.3) is 0 Å². The Morgan fingerprint density at radius 2 is 2.47 bits per heavy atom. The van der Waals surface area contributed by atoms with Crippen molar-refractivity contribution in [2.75, 3.05) is 0 Å². The van der Waals surface area contributed by atoms with E-state index in [1.165, 1.54) is 10.4 Å². The SMILES string of the molecule is CCC(C)(N)C(=O)NC1CCCc2sccc21. The van der Waals surface area contributed by atoms with Gasteiger partial charge in [-0.25, -0.2) is 0 Å². The number of aryl methyl sites for hydroxylation is 1. The number of amides is 1. The normalized spacial score (nSPS) is 22.6. The number of thiophene rings is 1. The van der Waals surface area contributed by atoms with Crippen molar-refractivity contribution in [1.29, 1.82) is 0 Å². The predicted octanol–water partition coefficient (Wildman–Crippen LogP) is 2.37. The second-order valence-electron chi connectivity index (χ2n) is 4.99. The first-order valence-electron chi connectivity index (χ1n) is 6.20. The summed E-state index contributed by atoms with van der Waals surface area (Å²) in [5.74, 6) is -0.0379. The minimum atomic E-state index is -0.756. The highest BCUT2D eigenvalue weighted by atomic mass is 32.1. The van der Waals surface area contributed by atoms with Crippen molar-refractivity contribution in [2.45, 2.75) is 51.1 Å². The van der Waals surface area contributed by atoms with Crippen molar-refractivity contribution in [2.24, 2.45) is 5.73 Å². The van der Waals surface area contributed by atoms with Crippen molar-refractivity contribution in [1.82, 2.24) is 5.32 Å². The van der Waals surface area contributed by atoms with Crippen LogP contribution in [0.3, 0.4) is 0 Å². The van der Waals surface area contributed by atoms with E-state index < -0.39 is 5.54 Å². The second-order valence-corrected chi connectivity index (χ2v) is 5.99. The Hall–Kier alpha value is -0.870. The van der Waals surface area contributed by atoms with Gasteiger partial charge in [0, 0.05) is 4.88 Å². The smallest absolute Gasteiger partial charge is 0.240 e. The topological polar surface area (TPSA) is 55.1 Å². The average Bonchev–Trinajstić information content (AvgIpc) is 2.78. The standard InChI is InChI=1S/C13H20N2OS/c1-3-13(2,14)12(16)15-10-5-4-6-11-9(10)7-8-17-11/h7-8,10H,3-6,14H2,1-2H3,(H,15,16). The number of hydrogen-bond donors (Lipinski definition) is 2. The maximum atomic E-state index is 12.1. The minimum absolute atomic E-state index is 0.0379. The first-order chi connectivity index (χ1) is 8.04. The molecule has 1 aromatic rings. The summed E-state index contributed by atoms with van der Waals surface area (Å²) in [6.45, 7) is 3.73. The average molecular weight is 252 g/mol. The molecular weight excluding hydrogens is 232 g/mol. The maximum Gasteiger partial charge on any atom is 0.240 e. The monoisotopic (exact) mass is 252 g/mol. The van der Waals surface area contributed by atoms with Gasteiger partial charge >= 0.3 is 0 Å². The number of nitrogens with two attached hydrogens (primary N) is 1. The lowest BCUT2D eigenvalue weighted by Gasteiger charge is -2.28. The zero-order valence-electron chi connectivity index (χ0n) is 10.5. The van der Waals surface area contributed by atoms with Gasteiger partial charge in [-0.2, -0.15) is 0 Å². The Balaban J connectivity index is 2.09. The summed E-state index contributed by atoms with van der Waals surface area (Å²) in [7, 11) is 0. The molecule has 1 amide bonds. The number of fused-ring (bicyclic) bond motifs is 1. The highest BCUT2D eigenvalue weighted by molar-refractivity contribution is 7.10. The zero-order chi connectivity index (χ0) is 12.5. The van der Waals surface area contributed by atoms with Crippen LogP contribution >= 0.6 is 11.3 Å². The van der Waals surface area contributed by atoms with E-state index in [0.29, 0.717) is 6.42 Å². The molecule has 94 valence electrons. The molecule has 1 heterocycles. The molecule has 2 rings (SSSR count). The van der Waals surface area contributed by atoms with E-state index in [4.69, 9.17) is 5.73 Å². The molecule has 1 aromatic heterocycles. The predicted molar refractivity (Wildman–Crippen MR) is 71.0 cm³/mol. The van der Waals surface area contributed by atoms with Crippen LogP contribution in [-0.2, 0) is 11.2 Å². The van der Waals surface area contributed by atoms with E-state index in [0.717, 1.165) is 19.3 Å². The molecule has 0 spiro atoms. The Morgan fingerprint density at radius 3 is 3.18 bits per heavy atom. The molecule has 0 aliphatic heterocycles. The van der Waals surface area contributed by atoms with Gasteiger partial charge in [0.15, 0.2) is 0 Å². The van der Waals surface area contributed by atoms with E-state index in [9.17, 15) is 4.79 Å². The molecule has 0 saturated heterocycles. The van der Waals surface area contributed by atoms with Gasteiger partial charge in [0.1, 0.15) is 0 Å². The van der Waals surface area contributed by atoms with E-state index in [2.05, 4.69) is 16.8 Å². The summed E-state index contributed by atoms with van der Waals surface area (Å²) in [5.41, 5.74) is 6.50. The summed E-state index contributed by atoms with van der Waals surface area (Å²) in [6, 6.07) is 2.29. The lowest BCUT2D eigenvalue weighted by atomic mass is 9.92. The fourth-order valence-corrected chi connectivity index (χ4v) is 3.11. The molecule has 0 radical (unpaired) electrons. The van der Waals surface area contributed by atoms with Crippen molar-refractivity contribution in [3.8, 4) is 0 Å². The van der Waals surface area contributed by atoms with Gasteiger partial charge in [-0.3, -0.25) is 4.79 Å². The molecule has 2 atom stereocenters. The molecule has 2 unspecified atom stereocenters. The van der Waals surface area contributed by atoms with Gasteiger partial charge in [-0.05, 0) is 49.6 Å². The van der Waals surface area contributed by atoms with Crippen LogP contribution in [-0.4, -0.2) is 11.4 Å². The molecule has 0 saturated carbocycles. The van der Waals surface area contributed by atoms with Crippen LogP contribution in [0.4, 0.5) is 0 Å². The van der Waals surface area contributed by atoms with Gasteiger partial charge in [0.2, 0.25) is 5.91 Å². The van der Waals surface area contributed by atoms with Crippen LogP contribution in [0.15, 0.2) is 11.4 Å². The van der Waals surface area contributed by atoms with Gasteiger partial charge in [-0.15, -0.1) is 11.3 Å². The quantitative estimate of drug-likeness (QED) is 0.867. The zero-order valence-corrected chi connectivity index (χ0v) is 11.3. The minimum Gasteiger partial charge on any atom is -0.348 e. The van der Waals surface area contributed by atoms with E-state index in [-0.39, 0.29) is 11.9 Å². The molecular formula is C13H20N2OS. The van der Waals surface area contributed by atoms with Crippen LogP contribution < -0.4 is 11.1 Å². The van der Waals surface area contributed by atoms with Crippen molar-refractivity contribution in [3.05, 3.63) is 21.9 Å². The van der Waals surface area contributed by atoms with Gasteiger partial charge < -0.3 is 11.1 Å². The number of carbonyl (C=O) groups is 1. The number of carbonyl (C=O) groups excluding carboxylic acids is 1. The summed E-state index contributed by atoms with van der Waals surface area (Å²) < 4.78 is 0. The number of rotatable bonds is 3. The molecule has 3 nitrogen and oxygen atoms in total. The number of nitrogens with one attached hydrogen (secondary N) is 1. The third-order valence-electron chi connectivity index (χ3n) is 3.61. The van der Waals surface area contributed by atoms with Crippen LogP contribution in [0, 0.1) is 0 Å². The van der Waals surface area contributed by atoms with Crippen molar-refractivity contribution >= 4 is 17.2 Å². The number of hydrogen-bond acceptors (Lipinski definition) is 3. The molecule has 0 fully saturated rings. The Kier molecular flexibility index (Phi) is 3.54. The van der Waals surface area contributed by atoms with Crippen LogP contribution in [0.2, 0.25) is 0 Å². The molecule has 3 N–H and O–H groups in total. The lowest BCUT2D eigenvalue weighted by molar-refractivity contribution is -0.126. The van der Waals surface area contributed by atoms with Crippen molar-refractivity contribution < 1.29 is 4.79 Å². The Labute approximate surface area is 106 Å². The molecule has 1 aliphatic carbocycles. The van der Waals surface area contributed by atoms with E-state index in [1.807, 2.05) is 6.92 Å². The first-order valence-corrected chi connectivity index (χ1v) is 7.08. The summed E-state index contributed by atoms with van der Waals surface area (Å²) >= 11 is 1.79. The van der Waals surface area contributed by atoms with Crippen molar-refractivity contribution in [3.63, 3.8) is 0 Å². The molecule has 1 aliphatic rings. The Morgan fingerprint density at radius 1 is 1.71 bits per heavy atom. The molecule has 4 heteroatoms. The second kappa shape index (κ2) is 4.78. The van der Waals surface area contributed by atoms with Gasteiger partial charge in [0.05, 0.1) is 11.6 Å². The first kappa shape index (κ1) is 12.6. The maximum absolute atomic E-state index is 12.1. The molecule has 0 bridgehead atoms. The third-order valence-corrected chi connectivity index (χ3v) is 4.61. The van der Waals surface area contributed by atoms with Crippen LogP contribution in [0.1, 0.15) is 49.6 Å². The fourth-order valence-electron chi connectivity index (χ4n) is 2.12. The molecule has 0 aromatic carbocycles. The van der Waals surface area contributed by atoms with Crippen LogP contribution in [0.5, 0.6) is 0 Å². The van der Waals surface area contributed by atoms with E-state index >= 15 is 0 Å². The summed E-state index contributed by atoms with van der Waals surface area (Å²) in [4.78, 5) is 13.5. The lowest BCUT2D eigenvalue weighted by Crippen LogP contribution is -2.52. The highest BCUT2D eigenvalue weighted by Crippen LogP contribution is 2.33. The Bertz CT molecular complexity index is 411. The van der Waals surface area contributed by atoms with E-state index in [1.54, 1.807) is 18.3 Å². The largest absolute Gasteiger partial charge is 0.348 e. The highest BCUT2D eigenvalue weighted by Gasteiger charge is 2.30. The fraction of sp³-hybridized carbons (Fsp3) is 0.615. The summed E-state index contributed by atoms with van der Waals surface area (Å²) in [5, 5.41) is 5.20. The van der Waals surface area contributed by atoms with Gasteiger partial charge in [-0.1, -0.05) is 6.92 Å². The molecule has 17 heavy (non-hydrogen) atoms. The summed E-state index contributed by atoms with van der Waals surface area (Å²) in [6.07, 6.45) is 3.97. The third kappa shape index (κ3) is 2.53. The van der Waals surface area contributed by atoms with Crippen LogP contribution in [0.25, 0.3) is 0 Å².